The van der Waals surface area contributed by atoms with Crippen LogP contribution >= 0.6 is 0 Å². The molecule has 0 aliphatic heterocycles. The summed E-state index contributed by atoms with van der Waals surface area (Å²) in [6.45, 7) is 0. The second-order valence-electron chi connectivity index (χ2n) is 5.83. The molecular weight excluding hydrogens is 236 g/mol. The smallest absolute Gasteiger partial charge is 0.220 e. The number of amides is 1. The minimum atomic E-state index is -0.125. The van der Waals surface area contributed by atoms with Gasteiger partial charge in [-0.1, -0.05) is 30.3 Å². The van der Waals surface area contributed by atoms with Crippen LogP contribution in [0, 0.1) is 11.8 Å². The molecule has 1 atom stereocenters. The van der Waals surface area contributed by atoms with Crippen LogP contribution in [0.1, 0.15) is 37.3 Å². The summed E-state index contributed by atoms with van der Waals surface area (Å²) in [5.74, 6) is 0.586. The van der Waals surface area contributed by atoms with Crippen molar-refractivity contribution in [2.24, 2.45) is 17.6 Å². The lowest BCUT2D eigenvalue weighted by Crippen LogP contribution is -2.33. The number of hydrogen-bond donors (Lipinski definition) is 1. The van der Waals surface area contributed by atoms with E-state index in [0.717, 1.165) is 25.7 Å². The third-order valence-electron chi connectivity index (χ3n) is 4.32. The fourth-order valence-corrected chi connectivity index (χ4v) is 3.36. The summed E-state index contributed by atoms with van der Waals surface area (Å²) in [6.07, 6.45) is 4.06. The first-order valence-corrected chi connectivity index (χ1v) is 7.10. The molecule has 1 saturated carbocycles. The summed E-state index contributed by atoms with van der Waals surface area (Å²) in [6, 6.07) is 11.1. The van der Waals surface area contributed by atoms with Gasteiger partial charge in [-0.05, 0) is 51.3 Å². The van der Waals surface area contributed by atoms with Crippen LogP contribution < -0.4 is 5.73 Å². The van der Waals surface area contributed by atoms with Crippen LogP contribution in [0.2, 0.25) is 0 Å². The molecule has 1 amide bonds. The lowest BCUT2D eigenvalue weighted by atomic mass is 9.76. The van der Waals surface area contributed by atoms with Crippen molar-refractivity contribution in [1.29, 1.82) is 0 Å². The molecule has 104 valence electrons. The highest BCUT2D eigenvalue weighted by atomic mass is 16.1. The SMILES string of the molecule is CN(C)C(c1ccccc1)C1CCC(C(N)=O)CC1. The highest BCUT2D eigenvalue weighted by Crippen LogP contribution is 2.39. The van der Waals surface area contributed by atoms with E-state index in [-0.39, 0.29) is 11.8 Å². The zero-order valence-corrected chi connectivity index (χ0v) is 11.9. The van der Waals surface area contributed by atoms with Gasteiger partial charge in [0.05, 0.1) is 0 Å². The number of nitrogens with two attached hydrogens (primary N) is 1. The summed E-state index contributed by atoms with van der Waals surface area (Å²) in [5, 5.41) is 0. The maximum absolute atomic E-state index is 11.2. The lowest BCUT2D eigenvalue weighted by molar-refractivity contribution is -0.123. The standard InChI is InChI=1S/C16H24N2O/c1-18(2)15(12-6-4-3-5-7-12)13-8-10-14(11-9-13)16(17)19/h3-7,13-15H,8-11H2,1-2H3,(H2,17,19). The molecule has 1 aliphatic carbocycles. The van der Waals surface area contributed by atoms with Gasteiger partial charge in [-0.15, -0.1) is 0 Å². The van der Waals surface area contributed by atoms with Crippen LogP contribution in [-0.2, 0) is 4.79 Å². The minimum absolute atomic E-state index is 0.0924. The number of rotatable bonds is 4. The van der Waals surface area contributed by atoms with Crippen LogP contribution in [0.25, 0.3) is 0 Å². The number of primary amides is 1. The molecule has 19 heavy (non-hydrogen) atoms. The van der Waals surface area contributed by atoms with E-state index in [1.165, 1.54) is 5.56 Å². The Morgan fingerprint density at radius 2 is 1.74 bits per heavy atom. The molecule has 2 rings (SSSR count). The Hall–Kier alpha value is -1.35. The highest BCUT2D eigenvalue weighted by molar-refractivity contribution is 5.76. The fourth-order valence-electron chi connectivity index (χ4n) is 3.36. The second-order valence-corrected chi connectivity index (χ2v) is 5.83. The Morgan fingerprint density at radius 1 is 1.16 bits per heavy atom. The molecule has 0 radical (unpaired) electrons. The lowest BCUT2D eigenvalue weighted by Gasteiger charge is -2.37. The van der Waals surface area contributed by atoms with Crippen LogP contribution in [0.4, 0.5) is 0 Å². The van der Waals surface area contributed by atoms with Crippen LogP contribution in [-0.4, -0.2) is 24.9 Å². The van der Waals surface area contributed by atoms with Crippen LogP contribution in [0.5, 0.6) is 0 Å². The van der Waals surface area contributed by atoms with Gasteiger partial charge < -0.3 is 10.6 Å². The van der Waals surface area contributed by atoms with Gasteiger partial charge >= 0.3 is 0 Å². The summed E-state index contributed by atoms with van der Waals surface area (Å²) in [4.78, 5) is 13.5. The normalized spacial score (nSPS) is 25.2. The Labute approximate surface area is 115 Å². The van der Waals surface area contributed by atoms with Gasteiger partial charge in [0, 0.05) is 12.0 Å². The van der Waals surface area contributed by atoms with Crippen molar-refractivity contribution in [3.05, 3.63) is 35.9 Å². The highest BCUT2D eigenvalue weighted by Gasteiger charge is 2.31. The number of carbonyl (C=O) groups is 1. The van der Waals surface area contributed by atoms with Crippen LogP contribution in [0.15, 0.2) is 30.3 Å². The molecule has 1 aliphatic rings. The van der Waals surface area contributed by atoms with Gasteiger partial charge in [-0.2, -0.15) is 0 Å². The van der Waals surface area contributed by atoms with E-state index >= 15 is 0 Å². The molecule has 2 N–H and O–H groups in total. The molecule has 1 aromatic carbocycles. The van der Waals surface area contributed by atoms with Gasteiger partial charge in [0.2, 0.25) is 5.91 Å². The van der Waals surface area contributed by atoms with E-state index in [2.05, 4.69) is 49.3 Å². The molecule has 0 heterocycles. The summed E-state index contributed by atoms with van der Waals surface area (Å²) in [7, 11) is 4.27. The van der Waals surface area contributed by atoms with Crippen molar-refractivity contribution in [2.75, 3.05) is 14.1 Å². The van der Waals surface area contributed by atoms with E-state index in [9.17, 15) is 4.79 Å². The Morgan fingerprint density at radius 3 is 2.21 bits per heavy atom. The largest absolute Gasteiger partial charge is 0.369 e. The zero-order chi connectivity index (χ0) is 13.8. The van der Waals surface area contributed by atoms with Crippen molar-refractivity contribution >= 4 is 5.91 Å². The number of benzene rings is 1. The fraction of sp³-hybridized carbons (Fsp3) is 0.562. The second kappa shape index (κ2) is 6.20. The predicted molar refractivity (Wildman–Crippen MR) is 77.5 cm³/mol. The number of hydrogen-bond acceptors (Lipinski definition) is 2. The van der Waals surface area contributed by atoms with E-state index < -0.39 is 0 Å². The van der Waals surface area contributed by atoms with Gasteiger partial charge in [0.25, 0.3) is 0 Å². The Bertz CT molecular complexity index is 408. The van der Waals surface area contributed by atoms with E-state index in [1.807, 2.05) is 0 Å². The summed E-state index contributed by atoms with van der Waals surface area (Å²) < 4.78 is 0. The first-order valence-electron chi connectivity index (χ1n) is 7.10. The number of carbonyl (C=O) groups excluding carboxylic acids is 1. The molecule has 0 bridgehead atoms. The third kappa shape index (κ3) is 3.35. The predicted octanol–water partition coefficient (Wildman–Crippen LogP) is 2.58. The zero-order valence-electron chi connectivity index (χ0n) is 11.9. The molecule has 0 saturated heterocycles. The van der Waals surface area contributed by atoms with Crippen molar-refractivity contribution in [2.45, 2.75) is 31.7 Å². The molecule has 1 aromatic rings. The van der Waals surface area contributed by atoms with Gasteiger partial charge in [-0.25, -0.2) is 0 Å². The molecule has 0 spiro atoms. The molecular formula is C16H24N2O. The molecule has 1 unspecified atom stereocenters. The van der Waals surface area contributed by atoms with Gasteiger partial charge in [0.1, 0.15) is 0 Å². The topological polar surface area (TPSA) is 46.3 Å². The molecule has 0 aromatic heterocycles. The molecule has 1 fully saturated rings. The average molecular weight is 260 g/mol. The van der Waals surface area contributed by atoms with E-state index in [0.29, 0.717) is 12.0 Å². The van der Waals surface area contributed by atoms with Crippen molar-refractivity contribution in [1.82, 2.24) is 4.90 Å². The first-order chi connectivity index (χ1) is 9.09. The van der Waals surface area contributed by atoms with Crippen LogP contribution in [0.3, 0.4) is 0 Å². The third-order valence-corrected chi connectivity index (χ3v) is 4.32. The first kappa shape index (κ1) is 14.1. The van der Waals surface area contributed by atoms with Crippen molar-refractivity contribution < 1.29 is 4.79 Å². The molecule has 3 heteroatoms. The monoisotopic (exact) mass is 260 g/mol. The van der Waals surface area contributed by atoms with E-state index in [4.69, 9.17) is 5.73 Å². The maximum Gasteiger partial charge on any atom is 0.220 e. The number of nitrogens with zero attached hydrogens (tertiary/aromatic N) is 1. The van der Waals surface area contributed by atoms with Crippen molar-refractivity contribution in [3.8, 4) is 0 Å². The van der Waals surface area contributed by atoms with Gasteiger partial charge in [-0.3, -0.25) is 4.79 Å². The van der Waals surface area contributed by atoms with Crippen molar-refractivity contribution in [3.63, 3.8) is 0 Å². The average Bonchev–Trinajstić information content (AvgIpc) is 2.40. The summed E-state index contributed by atoms with van der Waals surface area (Å²) >= 11 is 0. The summed E-state index contributed by atoms with van der Waals surface area (Å²) in [5.41, 5.74) is 6.78. The maximum atomic E-state index is 11.2. The van der Waals surface area contributed by atoms with Gasteiger partial charge in [0.15, 0.2) is 0 Å². The molecule has 3 nitrogen and oxygen atoms in total. The Balaban J connectivity index is 2.08. The minimum Gasteiger partial charge on any atom is -0.369 e. The Kier molecular flexibility index (Phi) is 4.59. The van der Waals surface area contributed by atoms with E-state index in [1.54, 1.807) is 0 Å². The quantitative estimate of drug-likeness (QED) is 0.904.